The highest BCUT2D eigenvalue weighted by Crippen LogP contribution is 2.31. The molecular formula is C24H33N3O5S. The minimum Gasteiger partial charge on any atom is -0.488 e. The minimum absolute atomic E-state index is 0.00291. The molecule has 180 valence electrons. The molecule has 2 aromatic rings. The molecule has 0 aliphatic carbocycles. The number of sulfonamides is 1. The third-order valence-corrected chi connectivity index (χ3v) is 6.36. The number of fused-ring (bicyclic) bond motifs is 1. The van der Waals surface area contributed by atoms with E-state index in [1.807, 2.05) is 32.2 Å². The van der Waals surface area contributed by atoms with Gasteiger partial charge in [-0.1, -0.05) is 37.3 Å². The molecule has 1 heterocycles. The summed E-state index contributed by atoms with van der Waals surface area (Å²) in [7, 11) is -1.47. The molecule has 33 heavy (non-hydrogen) atoms. The van der Waals surface area contributed by atoms with Gasteiger partial charge in [0.1, 0.15) is 11.9 Å². The first kappa shape index (κ1) is 25.0. The largest absolute Gasteiger partial charge is 0.488 e. The number of carbonyl (C=O) groups is 1. The van der Waals surface area contributed by atoms with E-state index in [2.05, 4.69) is 21.8 Å². The number of rotatable bonds is 8. The highest BCUT2D eigenvalue weighted by atomic mass is 32.2. The van der Waals surface area contributed by atoms with E-state index in [9.17, 15) is 18.3 Å². The molecule has 8 nitrogen and oxygen atoms in total. The number of aliphatic hydroxyl groups excluding tert-OH is 1. The van der Waals surface area contributed by atoms with Gasteiger partial charge >= 0.3 is 0 Å². The van der Waals surface area contributed by atoms with Crippen molar-refractivity contribution < 1.29 is 23.1 Å². The van der Waals surface area contributed by atoms with Gasteiger partial charge in [-0.25, -0.2) is 8.42 Å². The molecular weight excluding hydrogens is 442 g/mol. The zero-order valence-corrected chi connectivity index (χ0v) is 20.4. The lowest BCUT2D eigenvalue weighted by Crippen LogP contribution is -2.49. The molecule has 0 fully saturated rings. The van der Waals surface area contributed by atoms with E-state index in [-0.39, 0.29) is 41.8 Å². The van der Waals surface area contributed by atoms with Crippen LogP contribution in [0.1, 0.15) is 29.8 Å². The molecule has 0 radical (unpaired) electrons. The second-order valence-corrected chi connectivity index (χ2v) is 10.6. The van der Waals surface area contributed by atoms with Crippen molar-refractivity contribution in [2.75, 3.05) is 37.7 Å². The first-order chi connectivity index (χ1) is 15.6. The molecule has 0 saturated carbocycles. The molecule has 1 aliphatic rings. The first-order valence-electron chi connectivity index (χ1n) is 11.0. The van der Waals surface area contributed by atoms with Crippen molar-refractivity contribution >= 4 is 21.6 Å². The van der Waals surface area contributed by atoms with Crippen molar-refractivity contribution in [3.8, 4) is 5.75 Å². The summed E-state index contributed by atoms with van der Waals surface area (Å²) in [6.45, 7) is 5.46. The van der Waals surface area contributed by atoms with Gasteiger partial charge in [0.25, 0.3) is 5.91 Å². The molecule has 0 unspecified atom stereocenters. The molecule has 1 aliphatic heterocycles. The van der Waals surface area contributed by atoms with Gasteiger partial charge in [0.05, 0.1) is 24.5 Å². The Kier molecular flexibility index (Phi) is 7.99. The lowest BCUT2D eigenvalue weighted by atomic mass is 9.99. The fourth-order valence-electron chi connectivity index (χ4n) is 3.98. The fourth-order valence-corrected chi connectivity index (χ4v) is 4.54. The van der Waals surface area contributed by atoms with Crippen molar-refractivity contribution in [1.82, 2.24) is 9.80 Å². The van der Waals surface area contributed by atoms with Crippen LogP contribution in [-0.2, 0) is 16.6 Å². The van der Waals surface area contributed by atoms with Gasteiger partial charge in [0, 0.05) is 31.2 Å². The lowest BCUT2D eigenvalue weighted by Gasteiger charge is -2.38. The van der Waals surface area contributed by atoms with Crippen LogP contribution in [0.3, 0.4) is 0 Å². The maximum atomic E-state index is 13.4. The van der Waals surface area contributed by atoms with Gasteiger partial charge in [-0.3, -0.25) is 14.4 Å². The van der Waals surface area contributed by atoms with Crippen molar-refractivity contribution in [1.29, 1.82) is 0 Å². The molecule has 2 N–H and O–H groups in total. The fraction of sp³-hybridized carbons (Fsp3) is 0.458. The lowest BCUT2D eigenvalue weighted by molar-refractivity contribution is 0.0341. The summed E-state index contributed by atoms with van der Waals surface area (Å²) < 4.78 is 32.1. The van der Waals surface area contributed by atoms with Crippen LogP contribution in [0.25, 0.3) is 0 Å². The summed E-state index contributed by atoms with van der Waals surface area (Å²) in [4.78, 5) is 17.2. The Morgan fingerprint density at radius 2 is 1.94 bits per heavy atom. The predicted molar refractivity (Wildman–Crippen MR) is 129 cm³/mol. The van der Waals surface area contributed by atoms with Crippen molar-refractivity contribution in [3.05, 3.63) is 59.7 Å². The molecule has 0 bridgehead atoms. The van der Waals surface area contributed by atoms with Crippen molar-refractivity contribution in [2.24, 2.45) is 5.92 Å². The van der Waals surface area contributed by atoms with E-state index in [1.54, 1.807) is 24.0 Å². The van der Waals surface area contributed by atoms with Crippen LogP contribution in [0.4, 0.5) is 5.69 Å². The van der Waals surface area contributed by atoms with E-state index in [0.29, 0.717) is 18.8 Å². The third kappa shape index (κ3) is 6.69. The van der Waals surface area contributed by atoms with Crippen LogP contribution in [0.15, 0.2) is 48.5 Å². The molecule has 0 aromatic heterocycles. The Labute approximate surface area is 196 Å². The van der Waals surface area contributed by atoms with Gasteiger partial charge < -0.3 is 14.7 Å². The molecule has 3 atom stereocenters. The van der Waals surface area contributed by atoms with Gasteiger partial charge in [-0.2, -0.15) is 0 Å². The Hall–Kier alpha value is -2.62. The van der Waals surface area contributed by atoms with Crippen LogP contribution in [0.2, 0.25) is 0 Å². The standard InChI is InChI=1S/C24H33N3O5S/c1-17-13-27(18(2)16-28)24(29)21-12-20(25-33(4,30)31)10-11-22(21)32-23(17)15-26(3)14-19-8-6-5-7-9-19/h5-12,17-18,23,25,28H,13-16H2,1-4H3/t17-,18-,23+/m1/s1. The number of hydrogen-bond acceptors (Lipinski definition) is 6. The molecule has 1 amide bonds. The number of anilines is 1. The van der Waals surface area contributed by atoms with E-state index >= 15 is 0 Å². The van der Waals surface area contributed by atoms with Crippen molar-refractivity contribution in [2.45, 2.75) is 32.5 Å². The van der Waals surface area contributed by atoms with E-state index < -0.39 is 10.0 Å². The molecule has 0 spiro atoms. The maximum Gasteiger partial charge on any atom is 0.258 e. The van der Waals surface area contributed by atoms with E-state index in [4.69, 9.17) is 4.74 Å². The summed E-state index contributed by atoms with van der Waals surface area (Å²) in [5.41, 5.74) is 1.75. The zero-order chi connectivity index (χ0) is 24.2. The Morgan fingerprint density at radius 1 is 1.24 bits per heavy atom. The molecule has 9 heteroatoms. The van der Waals surface area contributed by atoms with E-state index in [1.165, 1.54) is 11.6 Å². The van der Waals surface area contributed by atoms with E-state index in [0.717, 1.165) is 12.8 Å². The highest BCUT2D eigenvalue weighted by Gasteiger charge is 2.33. The van der Waals surface area contributed by atoms with Crippen molar-refractivity contribution in [3.63, 3.8) is 0 Å². The smallest absolute Gasteiger partial charge is 0.258 e. The Bertz CT molecular complexity index is 1060. The van der Waals surface area contributed by atoms with Gasteiger partial charge in [-0.15, -0.1) is 0 Å². The first-order valence-corrected chi connectivity index (χ1v) is 12.9. The number of ether oxygens (including phenoxy) is 1. The predicted octanol–water partition coefficient (Wildman–Crippen LogP) is 2.41. The second-order valence-electron chi connectivity index (χ2n) is 8.89. The number of amides is 1. The number of nitrogens with one attached hydrogen (secondary N) is 1. The van der Waals surface area contributed by atoms with Crippen LogP contribution in [-0.4, -0.2) is 74.4 Å². The SMILES string of the molecule is C[C@@H]1CN([C@H](C)CO)C(=O)c2cc(NS(C)(=O)=O)ccc2O[C@H]1CN(C)Cc1ccccc1. The second kappa shape index (κ2) is 10.5. The monoisotopic (exact) mass is 475 g/mol. The number of carbonyl (C=O) groups excluding carboxylic acids is 1. The minimum atomic E-state index is -3.50. The van der Waals surface area contributed by atoms with Gasteiger partial charge in [0.15, 0.2) is 0 Å². The molecule has 0 saturated heterocycles. The van der Waals surface area contributed by atoms with Crippen LogP contribution >= 0.6 is 0 Å². The Morgan fingerprint density at radius 3 is 2.58 bits per heavy atom. The maximum absolute atomic E-state index is 13.4. The summed E-state index contributed by atoms with van der Waals surface area (Å²) in [6.07, 6.45) is 0.843. The zero-order valence-electron chi connectivity index (χ0n) is 19.6. The van der Waals surface area contributed by atoms with Gasteiger partial charge in [0.2, 0.25) is 10.0 Å². The topological polar surface area (TPSA) is 99.2 Å². The number of nitrogens with zero attached hydrogens (tertiary/aromatic N) is 2. The van der Waals surface area contributed by atoms with Crippen LogP contribution < -0.4 is 9.46 Å². The number of benzene rings is 2. The van der Waals surface area contributed by atoms with Crippen LogP contribution in [0.5, 0.6) is 5.75 Å². The summed E-state index contributed by atoms with van der Waals surface area (Å²) in [5, 5.41) is 9.76. The average molecular weight is 476 g/mol. The average Bonchev–Trinajstić information content (AvgIpc) is 2.75. The quantitative estimate of drug-likeness (QED) is 0.608. The normalized spacial score (nSPS) is 19.9. The number of likely N-dealkylation sites (N-methyl/N-ethyl adjacent to an activating group) is 1. The third-order valence-electron chi connectivity index (χ3n) is 5.75. The van der Waals surface area contributed by atoms with Crippen LogP contribution in [0, 0.1) is 5.92 Å². The molecule has 3 rings (SSSR count). The molecule has 2 aromatic carbocycles. The summed E-state index contributed by atoms with van der Waals surface area (Å²) in [6, 6.07) is 14.5. The number of aliphatic hydroxyl groups is 1. The number of hydrogen-bond donors (Lipinski definition) is 2. The summed E-state index contributed by atoms with van der Waals surface area (Å²) in [5.74, 6) is 0.105. The Balaban J connectivity index is 1.91. The summed E-state index contributed by atoms with van der Waals surface area (Å²) >= 11 is 0. The highest BCUT2D eigenvalue weighted by molar-refractivity contribution is 7.92. The van der Waals surface area contributed by atoms with Gasteiger partial charge in [-0.05, 0) is 37.7 Å².